The minimum absolute atomic E-state index is 0.313. The minimum atomic E-state index is 0.313. The highest BCUT2D eigenvalue weighted by Gasteiger charge is 2.13. The molecule has 80 valence electrons. The molecule has 1 fully saturated rings. The van der Waals surface area contributed by atoms with Crippen molar-refractivity contribution in [1.82, 2.24) is 4.98 Å². The molecule has 4 heteroatoms. The highest BCUT2D eigenvalue weighted by molar-refractivity contribution is 5.75. The first-order valence-corrected chi connectivity index (χ1v) is 5.14. The molecule has 0 amide bonds. The smallest absolute Gasteiger partial charge is 0.150 e. The van der Waals surface area contributed by atoms with Gasteiger partial charge < -0.3 is 10.1 Å². The lowest BCUT2D eigenvalue weighted by Gasteiger charge is -2.23. The molecular formula is C11H14N2O2. The van der Waals surface area contributed by atoms with E-state index in [1.807, 2.05) is 0 Å². The number of nitrogens with one attached hydrogen (secondary N) is 1. The highest BCUT2D eigenvalue weighted by Crippen LogP contribution is 2.12. The molecule has 0 radical (unpaired) electrons. The van der Waals surface area contributed by atoms with Crippen molar-refractivity contribution < 1.29 is 9.53 Å². The van der Waals surface area contributed by atoms with Crippen LogP contribution >= 0.6 is 0 Å². The molecule has 1 aliphatic rings. The maximum atomic E-state index is 10.6. The van der Waals surface area contributed by atoms with Crippen LogP contribution in [0.4, 0.5) is 5.82 Å². The Balaban J connectivity index is 1.99. The van der Waals surface area contributed by atoms with E-state index in [0.29, 0.717) is 18.2 Å². The molecule has 2 rings (SSSR count). The van der Waals surface area contributed by atoms with Crippen LogP contribution in [0.1, 0.15) is 23.2 Å². The monoisotopic (exact) mass is 206 g/mol. The first-order valence-electron chi connectivity index (χ1n) is 5.14. The van der Waals surface area contributed by atoms with E-state index in [-0.39, 0.29) is 0 Å². The van der Waals surface area contributed by atoms with Crippen molar-refractivity contribution in [3.8, 4) is 0 Å². The van der Waals surface area contributed by atoms with Crippen LogP contribution in [0, 0.1) is 0 Å². The first-order chi connectivity index (χ1) is 7.38. The van der Waals surface area contributed by atoms with Crippen molar-refractivity contribution in [2.24, 2.45) is 0 Å². The third-order valence-electron chi connectivity index (χ3n) is 2.43. The molecule has 1 aromatic heterocycles. The summed E-state index contributed by atoms with van der Waals surface area (Å²) in [6.45, 7) is 1.56. The summed E-state index contributed by atoms with van der Waals surface area (Å²) in [7, 11) is 0. The van der Waals surface area contributed by atoms with Gasteiger partial charge in [0, 0.05) is 18.4 Å². The summed E-state index contributed by atoms with van der Waals surface area (Å²) in [4.78, 5) is 14.7. The summed E-state index contributed by atoms with van der Waals surface area (Å²) in [5.74, 6) is 0.745. The summed E-state index contributed by atoms with van der Waals surface area (Å²) in [6.07, 6.45) is 4.62. The zero-order valence-corrected chi connectivity index (χ0v) is 8.48. The van der Waals surface area contributed by atoms with Gasteiger partial charge in [0.25, 0.3) is 0 Å². The number of anilines is 1. The molecule has 0 bridgehead atoms. The second-order valence-corrected chi connectivity index (χ2v) is 3.65. The summed E-state index contributed by atoms with van der Waals surface area (Å²) in [5, 5.41) is 3.26. The van der Waals surface area contributed by atoms with Crippen LogP contribution in [0.15, 0.2) is 18.3 Å². The van der Waals surface area contributed by atoms with E-state index in [0.717, 1.165) is 31.6 Å². The summed E-state index contributed by atoms with van der Waals surface area (Å²) in [6, 6.07) is 3.75. The van der Waals surface area contributed by atoms with Gasteiger partial charge in [0.1, 0.15) is 12.1 Å². The molecular weight excluding hydrogens is 192 g/mol. The van der Waals surface area contributed by atoms with E-state index in [1.165, 1.54) is 0 Å². The Bertz CT molecular complexity index is 335. The Hall–Kier alpha value is -1.42. The van der Waals surface area contributed by atoms with Gasteiger partial charge >= 0.3 is 0 Å². The van der Waals surface area contributed by atoms with Crippen LogP contribution in [0.3, 0.4) is 0 Å². The molecule has 0 spiro atoms. The number of aldehydes is 1. The molecule has 4 nitrogen and oxygen atoms in total. The van der Waals surface area contributed by atoms with Gasteiger partial charge in [-0.25, -0.2) is 4.98 Å². The van der Waals surface area contributed by atoms with Gasteiger partial charge in [0.15, 0.2) is 0 Å². The van der Waals surface area contributed by atoms with E-state index in [9.17, 15) is 4.79 Å². The molecule has 0 saturated carbocycles. The van der Waals surface area contributed by atoms with Gasteiger partial charge in [-0.2, -0.15) is 0 Å². The van der Waals surface area contributed by atoms with Crippen molar-refractivity contribution >= 4 is 12.1 Å². The fourth-order valence-electron chi connectivity index (χ4n) is 1.66. The second kappa shape index (κ2) is 4.89. The Morgan fingerprint density at radius 1 is 1.60 bits per heavy atom. The molecule has 1 saturated heterocycles. The van der Waals surface area contributed by atoms with Crippen LogP contribution in [-0.2, 0) is 4.74 Å². The fraction of sp³-hybridized carbons (Fsp3) is 0.455. The number of aromatic nitrogens is 1. The SMILES string of the molecule is O=Cc1ccnc(NC2CCCOC2)c1. The van der Waals surface area contributed by atoms with Crippen LogP contribution in [0.5, 0.6) is 0 Å². The second-order valence-electron chi connectivity index (χ2n) is 3.65. The lowest BCUT2D eigenvalue weighted by atomic mass is 10.1. The Labute approximate surface area is 88.7 Å². The lowest BCUT2D eigenvalue weighted by molar-refractivity contribution is 0.0875. The van der Waals surface area contributed by atoms with Gasteiger partial charge in [-0.1, -0.05) is 0 Å². The molecule has 1 aromatic rings. The van der Waals surface area contributed by atoms with E-state index in [4.69, 9.17) is 4.74 Å². The standard InChI is InChI=1S/C11H14N2O2/c14-7-9-3-4-12-11(6-9)13-10-2-1-5-15-8-10/h3-4,6-7,10H,1-2,5,8H2,(H,12,13). The van der Waals surface area contributed by atoms with Crippen molar-refractivity contribution in [3.05, 3.63) is 23.9 Å². The van der Waals surface area contributed by atoms with Gasteiger partial charge in [-0.15, -0.1) is 0 Å². The Morgan fingerprint density at radius 3 is 3.27 bits per heavy atom. The summed E-state index contributed by atoms with van der Waals surface area (Å²) in [5.41, 5.74) is 0.643. The van der Waals surface area contributed by atoms with Crippen LogP contribution < -0.4 is 5.32 Å². The average molecular weight is 206 g/mol. The Kier molecular flexibility index (Phi) is 3.29. The number of ether oxygens (including phenoxy) is 1. The van der Waals surface area contributed by atoms with Crippen molar-refractivity contribution in [2.45, 2.75) is 18.9 Å². The normalized spacial score (nSPS) is 20.9. The number of nitrogens with zero attached hydrogens (tertiary/aromatic N) is 1. The molecule has 2 heterocycles. The van der Waals surface area contributed by atoms with Crippen molar-refractivity contribution in [1.29, 1.82) is 0 Å². The van der Waals surface area contributed by atoms with E-state index < -0.39 is 0 Å². The van der Waals surface area contributed by atoms with Crippen molar-refractivity contribution in [2.75, 3.05) is 18.5 Å². The zero-order chi connectivity index (χ0) is 10.5. The minimum Gasteiger partial charge on any atom is -0.379 e. The fourth-order valence-corrected chi connectivity index (χ4v) is 1.66. The molecule has 0 aromatic carbocycles. The molecule has 0 aliphatic carbocycles. The number of rotatable bonds is 3. The predicted molar refractivity (Wildman–Crippen MR) is 57.1 cm³/mol. The molecule has 1 unspecified atom stereocenters. The third kappa shape index (κ3) is 2.76. The third-order valence-corrected chi connectivity index (χ3v) is 2.43. The van der Waals surface area contributed by atoms with Crippen LogP contribution in [0.2, 0.25) is 0 Å². The molecule has 1 N–H and O–H groups in total. The predicted octanol–water partition coefficient (Wildman–Crippen LogP) is 1.48. The van der Waals surface area contributed by atoms with E-state index in [2.05, 4.69) is 10.3 Å². The summed E-state index contributed by atoms with van der Waals surface area (Å²) >= 11 is 0. The number of hydrogen-bond acceptors (Lipinski definition) is 4. The van der Waals surface area contributed by atoms with E-state index in [1.54, 1.807) is 18.3 Å². The highest BCUT2D eigenvalue weighted by atomic mass is 16.5. The number of carbonyl (C=O) groups is 1. The number of carbonyl (C=O) groups excluding carboxylic acids is 1. The van der Waals surface area contributed by atoms with Gasteiger partial charge in [-0.05, 0) is 25.0 Å². The maximum Gasteiger partial charge on any atom is 0.150 e. The topological polar surface area (TPSA) is 51.2 Å². The lowest BCUT2D eigenvalue weighted by Crippen LogP contribution is -2.30. The van der Waals surface area contributed by atoms with Crippen molar-refractivity contribution in [3.63, 3.8) is 0 Å². The van der Waals surface area contributed by atoms with Gasteiger partial charge in [0.05, 0.1) is 12.6 Å². The largest absolute Gasteiger partial charge is 0.379 e. The van der Waals surface area contributed by atoms with Crippen LogP contribution in [0.25, 0.3) is 0 Å². The zero-order valence-electron chi connectivity index (χ0n) is 8.48. The molecule has 15 heavy (non-hydrogen) atoms. The molecule has 1 atom stereocenters. The summed E-state index contributed by atoms with van der Waals surface area (Å²) < 4.78 is 5.35. The maximum absolute atomic E-state index is 10.6. The van der Waals surface area contributed by atoms with Crippen LogP contribution in [-0.4, -0.2) is 30.5 Å². The Morgan fingerprint density at radius 2 is 2.53 bits per heavy atom. The molecule has 1 aliphatic heterocycles. The van der Waals surface area contributed by atoms with E-state index >= 15 is 0 Å². The van der Waals surface area contributed by atoms with Gasteiger partial charge in [0.2, 0.25) is 0 Å². The average Bonchev–Trinajstić information content (AvgIpc) is 2.31. The van der Waals surface area contributed by atoms with Gasteiger partial charge in [-0.3, -0.25) is 4.79 Å². The number of hydrogen-bond donors (Lipinski definition) is 1. The number of pyridine rings is 1. The first kappa shape index (κ1) is 10.1. The quantitative estimate of drug-likeness (QED) is 0.761.